The van der Waals surface area contributed by atoms with Crippen LogP contribution in [0.3, 0.4) is 0 Å². The largest absolute Gasteiger partial charge is 0.467 e. The highest BCUT2D eigenvalue weighted by atomic mass is 79.9. The van der Waals surface area contributed by atoms with E-state index in [2.05, 4.69) is 21.2 Å². The first-order valence-corrected chi connectivity index (χ1v) is 7.16. The molecule has 0 spiro atoms. The van der Waals surface area contributed by atoms with E-state index in [0.29, 0.717) is 10.0 Å². The molecule has 0 aliphatic heterocycles. The SMILES string of the molecule is COC(=O)C(Nc1cccc(C)c1)c1ccc(Br)c(F)c1. The summed E-state index contributed by atoms with van der Waals surface area (Å²) in [5.74, 6) is -0.898. The van der Waals surface area contributed by atoms with Crippen LogP contribution in [0.25, 0.3) is 0 Å². The van der Waals surface area contributed by atoms with Gasteiger partial charge in [0, 0.05) is 5.69 Å². The number of benzene rings is 2. The van der Waals surface area contributed by atoms with Crippen molar-refractivity contribution in [3.8, 4) is 0 Å². The summed E-state index contributed by atoms with van der Waals surface area (Å²) in [5.41, 5.74) is 2.34. The Morgan fingerprint density at radius 3 is 2.67 bits per heavy atom. The highest BCUT2D eigenvalue weighted by Crippen LogP contribution is 2.25. The summed E-state index contributed by atoms with van der Waals surface area (Å²) in [6, 6.07) is 11.4. The Kier molecular flexibility index (Phi) is 4.96. The lowest BCUT2D eigenvalue weighted by Crippen LogP contribution is -2.22. The molecule has 2 rings (SSSR count). The molecule has 0 aliphatic carbocycles. The van der Waals surface area contributed by atoms with Crippen molar-refractivity contribution in [3.63, 3.8) is 0 Å². The van der Waals surface area contributed by atoms with Crippen LogP contribution in [0.1, 0.15) is 17.2 Å². The lowest BCUT2D eigenvalue weighted by Gasteiger charge is -2.18. The molecule has 0 saturated heterocycles. The Balaban J connectivity index is 2.34. The van der Waals surface area contributed by atoms with E-state index in [-0.39, 0.29) is 0 Å². The maximum Gasteiger partial charge on any atom is 0.332 e. The number of halogens is 2. The minimum absolute atomic E-state index is 0.352. The Morgan fingerprint density at radius 2 is 2.05 bits per heavy atom. The number of hydrogen-bond acceptors (Lipinski definition) is 3. The van der Waals surface area contributed by atoms with E-state index in [1.807, 2.05) is 31.2 Å². The van der Waals surface area contributed by atoms with Gasteiger partial charge in [-0.25, -0.2) is 9.18 Å². The molecule has 110 valence electrons. The molecular formula is C16H15BrFNO2. The minimum atomic E-state index is -0.764. The second-order valence-electron chi connectivity index (χ2n) is 4.64. The fraction of sp³-hybridized carbons (Fsp3) is 0.188. The highest BCUT2D eigenvalue weighted by Gasteiger charge is 2.22. The fourth-order valence-corrected chi connectivity index (χ4v) is 2.24. The van der Waals surface area contributed by atoms with E-state index in [0.717, 1.165) is 11.3 Å². The van der Waals surface area contributed by atoms with Gasteiger partial charge < -0.3 is 10.1 Å². The summed E-state index contributed by atoms with van der Waals surface area (Å²) in [6.45, 7) is 1.96. The van der Waals surface area contributed by atoms with Crippen LogP contribution >= 0.6 is 15.9 Å². The molecule has 0 aliphatic rings. The lowest BCUT2D eigenvalue weighted by atomic mass is 10.1. The van der Waals surface area contributed by atoms with Crippen LogP contribution in [0.2, 0.25) is 0 Å². The molecule has 0 bridgehead atoms. The van der Waals surface area contributed by atoms with Crippen LogP contribution in [-0.4, -0.2) is 13.1 Å². The highest BCUT2D eigenvalue weighted by molar-refractivity contribution is 9.10. The molecule has 0 saturated carbocycles. The maximum absolute atomic E-state index is 13.7. The fourth-order valence-electron chi connectivity index (χ4n) is 1.99. The predicted octanol–water partition coefficient (Wildman–Crippen LogP) is 4.22. The number of hydrogen-bond donors (Lipinski definition) is 1. The normalized spacial score (nSPS) is 11.8. The van der Waals surface area contributed by atoms with Gasteiger partial charge in [0.15, 0.2) is 6.04 Å². The second kappa shape index (κ2) is 6.72. The number of methoxy groups -OCH3 is 1. The van der Waals surface area contributed by atoms with E-state index in [4.69, 9.17) is 4.74 Å². The van der Waals surface area contributed by atoms with Crippen molar-refractivity contribution in [1.82, 2.24) is 0 Å². The van der Waals surface area contributed by atoms with Gasteiger partial charge in [0.2, 0.25) is 0 Å². The van der Waals surface area contributed by atoms with Crippen LogP contribution in [0.5, 0.6) is 0 Å². The number of ether oxygens (including phenoxy) is 1. The molecule has 0 fully saturated rings. The van der Waals surface area contributed by atoms with E-state index in [1.165, 1.54) is 13.2 Å². The van der Waals surface area contributed by atoms with Gasteiger partial charge in [-0.05, 0) is 58.2 Å². The smallest absolute Gasteiger partial charge is 0.332 e. The Hall–Kier alpha value is -1.88. The molecule has 1 unspecified atom stereocenters. The molecule has 0 heterocycles. The van der Waals surface area contributed by atoms with Crippen molar-refractivity contribution < 1.29 is 13.9 Å². The summed E-state index contributed by atoms with van der Waals surface area (Å²) in [4.78, 5) is 12.0. The van der Waals surface area contributed by atoms with Crippen LogP contribution in [0.15, 0.2) is 46.9 Å². The lowest BCUT2D eigenvalue weighted by molar-refractivity contribution is -0.141. The van der Waals surface area contributed by atoms with Gasteiger partial charge in [-0.2, -0.15) is 0 Å². The van der Waals surface area contributed by atoms with Crippen LogP contribution in [0.4, 0.5) is 10.1 Å². The van der Waals surface area contributed by atoms with Crippen molar-refractivity contribution in [1.29, 1.82) is 0 Å². The number of carbonyl (C=O) groups is 1. The third kappa shape index (κ3) is 3.82. The van der Waals surface area contributed by atoms with Crippen LogP contribution in [-0.2, 0) is 9.53 Å². The van der Waals surface area contributed by atoms with E-state index >= 15 is 0 Å². The van der Waals surface area contributed by atoms with E-state index in [1.54, 1.807) is 12.1 Å². The van der Waals surface area contributed by atoms with Gasteiger partial charge in [0.1, 0.15) is 5.82 Å². The van der Waals surface area contributed by atoms with Crippen molar-refractivity contribution in [2.75, 3.05) is 12.4 Å². The first-order valence-electron chi connectivity index (χ1n) is 6.37. The molecule has 21 heavy (non-hydrogen) atoms. The monoisotopic (exact) mass is 351 g/mol. The molecule has 2 aromatic rings. The summed E-state index contributed by atoms with van der Waals surface area (Å²) < 4.78 is 18.8. The topological polar surface area (TPSA) is 38.3 Å². The number of carbonyl (C=O) groups excluding carboxylic acids is 1. The molecule has 0 amide bonds. The van der Waals surface area contributed by atoms with Gasteiger partial charge >= 0.3 is 5.97 Å². The second-order valence-corrected chi connectivity index (χ2v) is 5.50. The first kappa shape index (κ1) is 15.5. The van der Waals surface area contributed by atoms with Gasteiger partial charge in [0.25, 0.3) is 0 Å². The van der Waals surface area contributed by atoms with Crippen LogP contribution in [0, 0.1) is 12.7 Å². The third-order valence-electron chi connectivity index (χ3n) is 3.04. The molecule has 0 aromatic heterocycles. The Morgan fingerprint density at radius 1 is 1.29 bits per heavy atom. The van der Waals surface area contributed by atoms with Crippen LogP contribution < -0.4 is 5.32 Å². The summed E-state index contributed by atoms with van der Waals surface area (Å²) in [5, 5.41) is 3.08. The van der Waals surface area contributed by atoms with Crippen molar-refractivity contribution in [2.45, 2.75) is 13.0 Å². The van der Waals surface area contributed by atoms with Gasteiger partial charge in [-0.3, -0.25) is 0 Å². The summed E-state index contributed by atoms with van der Waals surface area (Å²) >= 11 is 3.10. The standard InChI is InChI=1S/C16H15BrFNO2/c1-10-4-3-5-12(8-10)19-15(16(20)21-2)11-6-7-13(17)14(18)9-11/h3-9,15,19H,1-2H3. The molecule has 1 atom stereocenters. The third-order valence-corrected chi connectivity index (χ3v) is 3.69. The number of aryl methyl sites for hydroxylation is 1. The van der Waals surface area contributed by atoms with Gasteiger partial charge in [-0.1, -0.05) is 18.2 Å². The number of rotatable bonds is 4. The molecule has 1 N–H and O–H groups in total. The number of esters is 1. The molecule has 3 nitrogen and oxygen atoms in total. The summed E-state index contributed by atoms with van der Waals surface area (Å²) in [6.07, 6.45) is 0. The maximum atomic E-state index is 13.7. The number of anilines is 1. The van der Waals surface area contributed by atoms with E-state index < -0.39 is 17.8 Å². The van der Waals surface area contributed by atoms with Gasteiger partial charge in [0.05, 0.1) is 11.6 Å². The average molecular weight is 352 g/mol. The van der Waals surface area contributed by atoms with Crippen molar-refractivity contribution in [3.05, 3.63) is 63.9 Å². The first-order chi connectivity index (χ1) is 10.0. The average Bonchev–Trinajstić information content (AvgIpc) is 2.47. The zero-order chi connectivity index (χ0) is 15.4. The van der Waals surface area contributed by atoms with Gasteiger partial charge in [-0.15, -0.1) is 0 Å². The molecule has 0 radical (unpaired) electrons. The van der Waals surface area contributed by atoms with Crippen molar-refractivity contribution >= 4 is 27.6 Å². The zero-order valence-corrected chi connectivity index (χ0v) is 13.3. The molecule has 5 heteroatoms. The quantitative estimate of drug-likeness (QED) is 0.838. The van der Waals surface area contributed by atoms with E-state index in [9.17, 15) is 9.18 Å². The minimum Gasteiger partial charge on any atom is -0.467 e. The predicted molar refractivity (Wildman–Crippen MR) is 83.7 cm³/mol. The Labute approximate surface area is 131 Å². The Bertz CT molecular complexity index is 660. The molecular weight excluding hydrogens is 337 g/mol. The summed E-state index contributed by atoms with van der Waals surface area (Å²) in [7, 11) is 1.31. The van der Waals surface area contributed by atoms with Crippen molar-refractivity contribution in [2.24, 2.45) is 0 Å². The molecule has 2 aromatic carbocycles. The zero-order valence-electron chi connectivity index (χ0n) is 11.7. The number of nitrogens with one attached hydrogen (secondary N) is 1.